The van der Waals surface area contributed by atoms with Gasteiger partial charge in [0.25, 0.3) is 11.8 Å². The van der Waals surface area contributed by atoms with Crippen molar-refractivity contribution in [3.8, 4) is 5.75 Å². The second-order valence-corrected chi connectivity index (χ2v) is 7.08. The molecule has 6 heteroatoms. The fourth-order valence-corrected chi connectivity index (χ4v) is 2.85. The summed E-state index contributed by atoms with van der Waals surface area (Å²) in [4.78, 5) is 29.3. The predicted molar refractivity (Wildman–Crippen MR) is 116 cm³/mol. The molecule has 0 aliphatic carbocycles. The van der Waals surface area contributed by atoms with Gasteiger partial charge in [-0.15, -0.1) is 0 Å². The highest BCUT2D eigenvalue weighted by molar-refractivity contribution is 6.04. The number of aryl methyl sites for hydroxylation is 2. The van der Waals surface area contributed by atoms with Crippen LogP contribution in [0.5, 0.6) is 5.75 Å². The smallest absolute Gasteiger partial charge is 0.265 e. The summed E-state index contributed by atoms with van der Waals surface area (Å²) < 4.78 is 5.77. The second-order valence-electron chi connectivity index (χ2n) is 7.08. The highest BCUT2D eigenvalue weighted by Gasteiger charge is 2.18. The Morgan fingerprint density at radius 1 is 1.03 bits per heavy atom. The zero-order valence-corrected chi connectivity index (χ0v) is 17.3. The minimum absolute atomic E-state index is 0.280. The Bertz CT molecular complexity index is 1030. The third-order valence-electron chi connectivity index (χ3n) is 4.77. The van der Waals surface area contributed by atoms with Crippen LogP contribution in [0.15, 0.2) is 67.0 Å². The third-order valence-corrected chi connectivity index (χ3v) is 4.77. The molecule has 0 saturated carbocycles. The van der Waals surface area contributed by atoms with Gasteiger partial charge in [0.1, 0.15) is 5.75 Å². The van der Waals surface area contributed by atoms with Gasteiger partial charge in [0.2, 0.25) is 0 Å². The number of nitrogens with zero attached hydrogens (tertiary/aromatic N) is 1. The maximum atomic E-state index is 12.6. The highest BCUT2D eigenvalue weighted by atomic mass is 16.5. The molecular weight excluding hydrogens is 378 g/mol. The number of para-hydroxylation sites is 1. The maximum Gasteiger partial charge on any atom is 0.265 e. The number of anilines is 1. The molecule has 3 rings (SSSR count). The van der Waals surface area contributed by atoms with E-state index in [1.165, 1.54) is 0 Å². The Hall–Kier alpha value is -3.67. The normalized spacial score (nSPS) is 11.4. The minimum Gasteiger partial charge on any atom is -0.481 e. The molecule has 0 aliphatic heterocycles. The van der Waals surface area contributed by atoms with Crippen molar-refractivity contribution >= 4 is 17.5 Å². The van der Waals surface area contributed by atoms with Crippen LogP contribution in [0, 0.1) is 13.8 Å². The molecule has 2 amide bonds. The van der Waals surface area contributed by atoms with E-state index in [-0.39, 0.29) is 11.8 Å². The number of ether oxygens (including phenoxy) is 1. The van der Waals surface area contributed by atoms with E-state index >= 15 is 0 Å². The van der Waals surface area contributed by atoms with Crippen LogP contribution in [-0.2, 0) is 11.3 Å². The first-order valence-electron chi connectivity index (χ1n) is 9.75. The second kappa shape index (κ2) is 9.69. The number of pyridine rings is 1. The van der Waals surface area contributed by atoms with E-state index in [2.05, 4.69) is 15.6 Å². The molecule has 2 aromatic carbocycles. The predicted octanol–water partition coefficient (Wildman–Crippen LogP) is 4.03. The van der Waals surface area contributed by atoms with E-state index in [0.717, 1.165) is 16.7 Å². The fourth-order valence-electron chi connectivity index (χ4n) is 2.85. The van der Waals surface area contributed by atoms with Crippen molar-refractivity contribution in [3.63, 3.8) is 0 Å². The van der Waals surface area contributed by atoms with E-state index in [4.69, 9.17) is 4.74 Å². The molecule has 2 N–H and O–H groups in total. The molecule has 3 aromatic rings. The van der Waals surface area contributed by atoms with Crippen molar-refractivity contribution in [1.82, 2.24) is 10.3 Å². The zero-order valence-electron chi connectivity index (χ0n) is 17.3. The first-order valence-corrected chi connectivity index (χ1v) is 9.75. The Kier molecular flexibility index (Phi) is 6.80. The summed E-state index contributed by atoms with van der Waals surface area (Å²) in [6.07, 6.45) is 2.65. The fraction of sp³-hybridized carbons (Fsp3) is 0.208. The summed E-state index contributed by atoms with van der Waals surface area (Å²) in [5, 5.41) is 5.65. The average molecular weight is 403 g/mol. The van der Waals surface area contributed by atoms with Gasteiger partial charge in [-0.2, -0.15) is 0 Å². The molecule has 154 valence electrons. The lowest BCUT2D eigenvalue weighted by atomic mass is 10.1. The number of hydrogen-bond acceptors (Lipinski definition) is 4. The molecule has 1 aromatic heterocycles. The van der Waals surface area contributed by atoms with Gasteiger partial charge in [0, 0.05) is 18.9 Å². The third kappa shape index (κ3) is 5.44. The van der Waals surface area contributed by atoms with E-state index in [1.807, 2.05) is 44.2 Å². The number of benzene rings is 2. The van der Waals surface area contributed by atoms with E-state index in [9.17, 15) is 9.59 Å². The summed E-state index contributed by atoms with van der Waals surface area (Å²) >= 11 is 0. The Morgan fingerprint density at radius 3 is 2.57 bits per heavy atom. The SMILES string of the molecule is Cc1ccc(O[C@@H](C)C(=O)Nc2ccccc2C(=O)NCc2cccnc2)cc1C. The average Bonchev–Trinajstić information content (AvgIpc) is 2.75. The van der Waals surface area contributed by atoms with Crippen molar-refractivity contribution in [3.05, 3.63) is 89.2 Å². The maximum absolute atomic E-state index is 12.6. The number of rotatable bonds is 7. The summed E-state index contributed by atoms with van der Waals surface area (Å²) in [5.41, 5.74) is 3.96. The van der Waals surface area contributed by atoms with E-state index < -0.39 is 6.10 Å². The van der Waals surface area contributed by atoms with Gasteiger partial charge in [-0.05, 0) is 67.8 Å². The lowest BCUT2D eigenvalue weighted by Gasteiger charge is -2.17. The number of hydrogen-bond donors (Lipinski definition) is 2. The topological polar surface area (TPSA) is 80.3 Å². The van der Waals surface area contributed by atoms with Gasteiger partial charge in [-0.3, -0.25) is 14.6 Å². The van der Waals surface area contributed by atoms with Crippen molar-refractivity contribution in [2.45, 2.75) is 33.4 Å². The molecule has 0 radical (unpaired) electrons. The summed E-state index contributed by atoms with van der Waals surface area (Å²) in [6, 6.07) is 16.3. The summed E-state index contributed by atoms with van der Waals surface area (Å²) in [5.74, 6) is 0.0153. The molecular formula is C24H25N3O3. The van der Waals surface area contributed by atoms with Crippen LogP contribution in [0.4, 0.5) is 5.69 Å². The van der Waals surface area contributed by atoms with Crippen LogP contribution in [-0.4, -0.2) is 22.9 Å². The first-order chi connectivity index (χ1) is 14.4. The van der Waals surface area contributed by atoms with Crippen molar-refractivity contribution in [2.75, 3.05) is 5.32 Å². The monoisotopic (exact) mass is 403 g/mol. The largest absolute Gasteiger partial charge is 0.481 e. The number of carbonyl (C=O) groups is 2. The highest BCUT2D eigenvalue weighted by Crippen LogP contribution is 2.19. The van der Waals surface area contributed by atoms with Gasteiger partial charge in [0.15, 0.2) is 6.10 Å². The van der Waals surface area contributed by atoms with Gasteiger partial charge in [-0.25, -0.2) is 0 Å². The molecule has 0 saturated heterocycles. The lowest BCUT2D eigenvalue weighted by molar-refractivity contribution is -0.122. The molecule has 1 atom stereocenters. The Labute approximate surface area is 176 Å². The molecule has 6 nitrogen and oxygen atoms in total. The quantitative estimate of drug-likeness (QED) is 0.624. The number of aromatic nitrogens is 1. The summed E-state index contributed by atoms with van der Waals surface area (Å²) in [7, 11) is 0. The van der Waals surface area contributed by atoms with Crippen LogP contribution in [0.25, 0.3) is 0 Å². The molecule has 0 fully saturated rings. The molecule has 30 heavy (non-hydrogen) atoms. The van der Waals surface area contributed by atoms with Crippen molar-refractivity contribution in [2.24, 2.45) is 0 Å². The van der Waals surface area contributed by atoms with Gasteiger partial charge in [-0.1, -0.05) is 24.3 Å². The first kappa shape index (κ1) is 21.0. The summed E-state index contributed by atoms with van der Waals surface area (Å²) in [6.45, 7) is 6.04. The van der Waals surface area contributed by atoms with Crippen molar-refractivity contribution in [1.29, 1.82) is 0 Å². The van der Waals surface area contributed by atoms with E-state index in [0.29, 0.717) is 23.5 Å². The standard InChI is InChI=1S/C24H25N3O3/c1-16-10-11-20(13-17(16)2)30-18(3)23(28)27-22-9-5-4-8-21(22)24(29)26-15-19-7-6-12-25-14-19/h4-14,18H,15H2,1-3H3,(H,26,29)(H,27,28)/t18-/m0/s1. The lowest BCUT2D eigenvalue weighted by Crippen LogP contribution is -2.31. The Morgan fingerprint density at radius 2 is 1.83 bits per heavy atom. The zero-order chi connectivity index (χ0) is 21.5. The van der Waals surface area contributed by atoms with Gasteiger partial charge >= 0.3 is 0 Å². The van der Waals surface area contributed by atoms with Crippen LogP contribution in [0.3, 0.4) is 0 Å². The number of nitrogens with one attached hydrogen (secondary N) is 2. The molecule has 1 heterocycles. The molecule has 0 unspecified atom stereocenters. The van der Waals surface area contributed by atoms with E-state index in [1.54, 1.807) is 43.6 Å². The number of carbonyl (C=O) groups excluding carboxylic acids is 2. The molecule has 0 bridgehead atoms. The van der Waals surface area contributed by atoms with Crippen molar-refractivity contribution < 1.29 is 14.3 Å². The van der Waals surface area contributed by atoms with Crippen LogP contribution < -0.4 is 15.4 Å². The minimum atomic E-state index is -0.724. The van der Waals surface area contributed by atoms with Crippen LogP contribution >= 0.6 is 0 Å². The Balaban J connectivity index is 1.65. The molecule has 0 aliphatic rings. The molecule has 0 spiro atoms. The van der Waals surface area contributed by atoms with Gasteiger partial charge in [0.05, 0.1) is 11.3 Å². The number of amides is 2. The van der Waals surface area contributed by atoms with Crippen LogP contribution in [0.2, 0.25) is 0 Å². The van der Waals surface area contributed by atoms with Crippen LogP contribution in [0.1, 0.15) is 34.0 Å². The van der Waals surface area contributed by atoms with Gasteiger partial charge < -0.3 is 15.4 Å².